The summed E-state index contributed by atoms with van der Waals surface area (Å²) in [6.45, 7) is 4.69. The number of nitrogens with zero attached hydrogens (tertiary/aromatic N) is 1. The van der Waals surface area contributed by atoms with Crippen LogP contribution in [0.5, 0.6) is 0 Å². The van der Waals surface area contributed by atoms with Crippen LogP contribution in [-0.4, -0.2) is 0 Å². The summed E-state index contributed by atoms with van der Waals surface area (Å²) in [5, 5.41) is 2.30. The molecule has 2 nitrogen and oxygen atoms in total. The highest BCUT2D eigenvalue weighted by atomic mass is 16.3. The summed E-state index contributed by atoms with van der Waals surface area (Å²) < 4.78 is 6.20. The maximum Gasteiger partial charge on any atom is 0.136 e. The number of benzene rings is 7. The smallest absolute Gasteiger partial charge is 0.136 e. The number of rotatable bonds is 5. The largest absolute Gasteiger partial charge is 0.456 e. The number of hydrogen-bond acceptors (Lipinski definition) is 2. The molecular formula is C45H33NO. The first kappa shape index (κ1) is 27.5. The van der Waals surface area contributed by atoms with Crippen LogP contribution in [0.15, 0.2) is 168 Å². The van der Waals surface area contributed by atoms with Crippen molar-refractivity contribution < 1.29 is 4.42 Å². The first-order valence-electron chi connectivity index (χ1n) is 16.3. The van der Waals surface area contributed by atoms with Crippen LogP contribution in [-0.2, 0) is 5.41 Å². The average molecular weight is 604 g/mol. The lowest BCUT2D eigenvalue weighted by Gasteiger charge is -2.28. The zero-order chi connectivity index (χ0) is 31.5. The lowest BCUT2D eigenvalue weighted by Crippen LogP contribution is -2.16. The summed E-state index contributed by atoms with van der Waals surface area (Å²) in [5.41, 5.74) is 15.3. The summed E-state index contributed by atoms with van der Waals surface area (Å²) in [6, 6.07) is 58.9. The molecule has 0 fully saturated rings. The third-order valence-corrected chi connectivity index (χ3v) is 9.90. The SMILES string of the molecule is CC1(C)c2ccccc2-c2ccc(N(c3ccc(-c4ccccc4)cc3)c3ccc(-c4cccc5oc6ccccc6c45)cc3)cc21. The second kappa shape index (κ2) is 10.6. The third-order valence-electron chi connectivity index (χ3n) is 9.90. The number of furan rings is 1. The molecule has 7 aromatic carbocycles. The Bertz CT molecular complexity index is 2410. The Balaban J connectivity index is 1.17. The molecule has 0 atom stereocenters. The molecule has 0 saturated heterocycles. The number of hydrogen-bond donors (Lipinski definition) is 0. The first-order chi connectivity index (χ1) is 23.1. The normalized spacial score (nSPS) is 13.1. The molecule has 0 spiro atoms. The maximum absolute atomic E-state index is 6.20. The highest BCUT2D eigenvalue weighted by molar-refractivity contribution is 6.12. The van der Waals surface area contributed by atoms with E-state index in [1.165, 1.54) is 38.9 Å². The number of fused-ring (bicyclic) bond motifs is 6. The summed E-state index contributed by atoms with van der Waals surface area (Å²) in [4.78, 5) is 2.38. The van der Waals surface area contributed by atoms with Gasteiger partial charge in [0, 0.05) is 33.2 Å². The van der Waals surface area contributed by atoms with Crippen LogP contribution < -0.4 is 4.90 Å². The van der Waals surface area contributed by atoms with Gasteiger partial charge in [-0.15, -0.1) is 0 Å². The minimum absolute atomic E-state index is 0.0827. The Morgan fingerprint density at radius 2 is 1.00 bits per heavy atom. The lowest BCUT2D eigenvalue weighted by molar-refractivity contribution is 0.660. The summed E-state index contributed by atoms with van der Waals surface area (Å²) >= 11 is 0. The van der Waals surface area contributed by atoms with E-state index in [4.69, 9.17) is 4.42 Å². The highest BCUT2D eigenvalue weighted by Gasteiger charge is 2.35. The molecule has 47 heavy (non-hydrogen) atoms. The molecular weight excluding hydrogens is 571 g/mol. The minimum Gasteiger partial charge on any atom is -0.456 e. The van der Waals surface area contributed by atoms with Crippen molar-refractivity contribution in [2.45, 2.75) is 19.3 Å². The van der Waals surface area contributed by atoms with Crippen LogP contribution in [0.1, 0.15) is 25.0 Å². The zero-order valence-corrected chi connectivity index (χ0v) is 26.4. The maximum atomic E-state index is 6.20. The van der Waals surface area contributed by atoms with E-state index in [0.29, 0.717) is 0 Å². The molecule has 1 heterocycles. The van der Waals surface area contributed by atoms with Crippen LogP contribution >= 0.6 is 0 Å². The molecule has 0 aliphatic heterocycles. The van der Waals surface area contributed by atoms with Crippen molar-refractivity contribution in [2.24, 2.45) is 0 Å². The van der Waals surface area contributed by atoms with E-state index in [1.54, 1.807) is 0 Å². The van der Waals surface area contributed by atoms with E-state index >= 15 is 0 Å². The Kier molecular flexibility index (Phi) is 6.20. The topological polar surface area (TPSA) is 16.4 Å². The van der Waals surface area contributed by atoms with E-state index in [0.717, 1.165) is 44.6 Å². The van der Waals surface area contributed by atoms with Gasteiger partial charge in [-0.2, -0.15) is 0 Å². The molecule has 1 aliphatic rings. The molecule has 0 radical (unpaired) electrons. The van der Waals surface area contributed by atoms with Gasteiger partial charge in [0.25, 0.3) is 0 Å². The van der Waals surface area contributed by atoms with Crippen LogP contribution in [0.25, 0.3) is 55.3 Å². The van der Waals surface area contributed by atoms with Gasteiger partial charge in [0.2, 0.25) is 0 Å². The monoisotopic (exact) mass is 603 g/mol. The molecule has 224 valence electrons. The predicted octanol–water partition coefficient (Wildman–Crippen LogP) is 12.7. The van der Waals surface area contributed by atoms with Crippen LogP contribution in [0.3, 0.4) is 0 Å². The standard InChI is InChI=1S/C45H33NO/c1-45(2)40-16-8-6-13-37(40)38-28-27-35(29-41(38)45)46(33-23-19-31(20-24-33)30-11-4-3-5-12-30)34-25-21-32(22-26-34)36-15-10-18-43-44(36)39-14-7-9-17-42(39)47-43/h3-29H,1-2H3. The number of para-hydroxylation sites is 1. The van der Waals surface area contributed by atoms with E-state index in [1.807, 2.05) is 12.1 Å². The summed E-state index contributed by atoms with van der Waals surface area (Å²) in [7, 11) is 0. The van der Waals surface area contributed by atoms with Crippen LogP contribution in [0.2, 0.25) is 0 Å². The van der Waals surface area contributed by atoms with Gasteiger partial charge in [0.05, 0.1) is 0 Å². The van der Waals surface area contributed by atoms with E-state index in [2.05, 4.69) is 170 Å². The van der Waals surface area contributed by atoms with Gasteiger partial charge in [-0.3, -0.25) is 0 Å². The Morgan fingerprint density at radius 3 is 1.79 bits per heavy atom. The fourth-order valence-electron chi connectivity index (χ4n) is 7.52. The van der Waals surface area contributed by atoms with Crippen molar-refractivity contribution in [3.8, 4) is 33.4 Å². The number of anilines is 3. The molecule has 9 rings (SSSR count). The molecule has 0 bridgehead atoms. The highest BCUT2D eigenvalue weighted by Crippen LogP contribution is 2.50. The van der Waals surface area contributed by atoms with E-state index in [-0.39, 0.29) is 5.41 Å². The first-order valence-corrected chi connectivity index (χ1v) is 16.3. The van der Waals surface area contributed by atoms with Crippen molar-refractivity contribution in [3.63, 3.8) is 0 Å². The average Bonchev–Trinajstić information content (AvgIpc) is 3.62. The molecule has 0 amide bonds. The Labute approximate surface area is 275 Å². The van der Waals surface area contributed by atoms with Gasteiger partial charge in [-0.1, -0.05) is 129 Å². The molecule has 0 saturated carbocycles. The summed E-state index contributed by atoms with van der Waals surface area (Å²) in [5.74, 6) is 0. The Hall–Kier alpha value is -5.86. The molecule has 0 unspecified atom stereocenters. The Morgan fingerprint density at radius 1 is 0.426 bits per heavy atom. The zero-order valence-electron chi connectivity index (χ0n) is 26.4. The third kappa shape index (κ3) is 4.40. The van der Waals surface area contributed by atoms with E-state index < -0.39 is 0 Å². The summed E-state index contributed by atoms with van der Waals surface area (Å²) in [6.07, 6.45) is 0. The molecule has 8 aromatic rings. The lowest BCUT2D eigenvalue weighted by atomic mass is 9.82. The fourth-order valence-corrected chi connectivity index (χ4v) is 7.52. The van der Waals surface area contributed by atoms with Crippen LogP contribution in [0, 0.1) is 0 Å². The molecule has 2 heteroatoms. The predicted molar refractivity (Wildman–Crippen MR) is 197 cm³/mol. The molecule has 1 aliphatic carbocycles. The van der Waals surface area contributed by atoms with Gasteiger partial charge >= 0.3 is 0 Å². The second-order valence-corrected chi connectivity index (χ2v) is 13.0. The van der Waals surface area contributed by atoms with Crippen molar-refractivity contribution in [1.29, 1.82) is 0 Å². The van der Waals surface area contributed by atoms with E-state index in [9.17, 15) is 0 Å². The quantitative estimate of drug-likeness (QED) is 0.195. The second-order valence-electron chi connectivity index (χ2n) is 13.0. The van der Waals surface area contributed by atoms with Gasteiger partial charge < -0.3 is 9.32 Å². The molecule has 1 aromatic heterocycles. The van der Waals surface area contributed by atoms with Crippen LogP contribution in [0.4, 0.5) is 17.1 Å². The van der Waals surface area contributed by atoms with Crippen molar-refractivity contribution >= 4 is 39.0 Å². The van der Waals surface area contributed by atoms with Crippen molar-refractivity contribution in [1.82, 2.24) is 0 Å². The van der Waals surface area contributed by atoms with Gasteiger partial charge in [0.15, 0.2) is 0 Å². The minimum atomic E-state index is -0.0827. The van der Waals surface area contributed by atoms with Crippen molar-refractivity contribution in [2.75, 3.05) is 4.90 Å². The van der Waals surface area contributed by atoms with Crippen molar-refractivity contribution in [3.05, 3.63) is 175 Å². The van der Waals surface area contributed by atoms with Gasteiger partial charge in [0.1, 0.15) is 11.2 Å². The van der Waals surface area contributed by atoms with Gasteiger partial charge in [-0.25, -0.2) is 0 Å². The fraction of sp³-hybridized carbons (Fsp3) is 0.0667. The van der Waals surface area contributed by atoms with Gasteiger partial charge in [-0.05, 0) is 93.0 Å². The molecule has 0 N–H and O–H groups in total.